The van der Waals surface area contributed by atoms with Gasteiger partial charge < -0.3 is 0 Å². The zero-order valence-corrected chi connectivity index (χ0v) is 14.4. The Kier molecular flexibility index (Phi) is 3.69. The lowest BCUT2D eigenvalue weighted by atomic mass is 9.93. The molecule has 2 unspecified atom stereocenters. The Morgan fingerprint density at radius 1 is 1.29 bits per heavy atom. The standard InChI is InChI=1S/C15H17BrN2O2S/c1-10-3-6-13(7-4-10)21(19,20)18-15-9-12(16)5-8-14(15)11(2)17-18/h3,5-6,8-9,14-15H,4,7H2,1-2H3. The van der Waals surface area contributed by atoms with Crippen molar-refractivity contribution in [2.45, 2.75) is 32.7 Å². The third kappa shape index (κ3) is 2.55. The van der Waals surface area contributed by atoms with Gasteiger partial charge in [-0.1, -0.05) is 39.7 Å². The van der Waals surface area contributed by atoms with Crippen LogP contribution in [-0.2, 0) is 10.0 Å². The summed E-state index contributed by atoms with van der Waals surface area (Å²) in [7, 11) is -3.55. The van der Waals surface area contributed by atoms with Crippen LogP contribution in [0, 0.1) is 5.92 Å². The third-order valence-corrected chi connectivity index (χ3v) is 6.40. The van der Waals surface area contributed by atoms with E-state index in [0.29, 0.717) is 11.3 Å². The van der Waals surface area contributed by atoms with Crippen LogP contribution < -0.4 is 0 Å². The van der Waals surface area contributed by atoms with E-state index in [4.69, 9.17) is 0 Å². The van der Waals surface area contributed by atoms with Crippen molar-refractivity contribution in [3.8, 4) is 0 Å². The summed E-state index contributed by atoms with van der Waals surface area (Å²) in [6.45, 7) is 3.89. The van der Waals surface area contributed by atoms with E-state index in [1.165, 1.54) is 9.99 Å². The highest BCUT2D eigenvalue weighted by Gasteiger charge is 2.41. The zero-order chi connectivity index (χ0) is 15.2. The molecule has 0 bridgehead atoms. The van der Waals surface area contributed by atoms with Crippen LogP contribution in [0.1, 0.15) is 26.7 Å². The molecule has 6 heteroatoms. The summed E-state index contributed by atoms with van der Waals surface area (Å²) in [5.74, 6) is 0.0301. The summed E-state index contributed by atoms with van der Waals surface area (Å²) in [6.07, 6.45) is 10.8. The number of sulfonamides is 1. The highest BCUT2D eigenvalue weighted by molar-refractivity contribution is 9.11. The first-order chi connectivity index (χ1) is 9.89. The molecule has 0 aromatic heterocycles. The molecule has 0 N–H and O–H groups in total. The minimum atomic E-state index is -3.55. The molecule has 0 radical (unpaired) electrons. The summed E-state index contributed by atoms with van der Waals surface area (Å²) in [5.41, 5.74) is 2.04. The van der Waals surface area contributed by atoms with Gasteiger partial charge in [0.25, 0.3) is 10.0 Å². The number of allylic oxidation sites excluding steroid dienone is 6. The normalized spacial score (nSPS) is 28.6. The molecule has 0 aromatic carbocycles. The predicted molar refractivity (Wildman–Crippen MR) is 88.4 cm³/mol. The second kappa shape index (κ2) is 5.25. The van der Waals surface area contributed by atoms with E-state index in [1.807, 2.05) is 38.2 Å². The third-order valence-electron chi connectivity index (χ3n) is 4.05. The SMILES string of the molecule is CC1=CC=C(S(=O)(=O)N2N=C(C)C3C=CC(Br)=CC32)CC1. The number of rotatable bonds is 2. The molecule has 0 amide bonds. The largest absolute Gasteiger partial charge is 0.275 e. The maximum atomic E-state index is 12.9. The van der Waals surface area contributed by atoms with Crippen LogP contribution in [0.25, 0.3) is 0 Å². The number of fused-ring (bicyclic) bond motifs is 1. The first-order valence-corrected chi connectivity index (χ1v) is 9.14. The van der Waals surface area contributed by atoms with Gasteiger partial charge in [0.15, 0.2) is 0 Å². The lowest BCUT2D eigenvalue weighted by molar-refractivity contribution is 0.388. The Bertz CT molecular complexity index is 729. The molecule has 21 heavy (non-hydrogen) atoms. The fraction of sp³-hybridized carbons (Fsp3) is 0.400. The fourth-order valence-electron chi connectivity index (χ4n) is 2.78. The van der Waals surface area contributed by atoms with E-state index in [2.05, 4.69) is 21.0 Å². The Hall–Kier alpha value is -1.14. The lowest BCUT2D eigenvalue weighted by Gasteiger charge is -2.27. The topological polar surface area (TPSA) is 49.7 Å². The van der Waals surface area contributed by atoms with Gasteiger partial charge in [0, 0.05) is 16.1 Å². The summed E-state index contributed by atoms with van der Waals surface area (Å²) in [4.78, 5) is 0.448. The van der Waals surface area contributed by atoms with Crippen molar-refractivity contribution >= 4 is 31.7 Å². The van der Waals surface area contributed by atoms with Crippen molar-refractivity contribution < 1.29 is 8.42 Å². The molecule has 1 aliphatic heterocycles. The monoisotopic (exact) mass is 368 g/mol. The van der Waals surface area contributed by atoms with Crippen molar-refractivity contribution in [2.75, 3.05) is 0 Å². The van der Waals surface area contributed by atoms with E-state index in [-0.39, 0.29) is 12.0 Å². The van der Waals surface area contributed by atoms with E-state index < -0.39 is 10.0 Å². The van der Waals surface area contributed by atoms with Gasteiger partial charge in [-0.2, -0.15) is 17.9 Å². The van der Waals surface area contributed by atoms with Gasteiger partial charge in [-0.05, 0) is 38.8 Å². The van der Waals surface area contributed by atoms with Crippen LogP contribution in [-0.4, -0.2) is 24.6 Å². The second-order valence-electron chi connectivity index (χ2n) is 5.59. The molecule has 2 atom stereocenters. The van der Waals surface area contributed by atoms with Gasteiger partial charge in [-0.3, -0.25) is 0 Å². The summed E-state index contributed by atoms with van der Waals surface area (Å²) in [5, 5.41) is 4.32. The maximum Gasteiger partial charge on any atom is 0.275 e. The molecule has 3 aliphatic rings. The minimum Gasteiger partial charge on any atom is -0.200 e. The Morgan fingerprint density at radius 3 is 2.71 bits per heavy atom. The molecule has 3 rings (SSSR count). The molecule has 0 aromatic rings. The van der Waals surface area contributed by atoms with Crippen LogP contribution in [0.5, 0.6) is 0 Å². The smallest absolute Gasteiger partial charge is 0.200 e. The van der Waals surface area contributed by atoms with Crippen LogP contribution in [0.15, 0.2) is 50.4 Å². The van der Waals surface area contributed by atoms with Crippen LogP contribution in [0.4, 0.5) is 0 Å². The van der Waals surface area contributed by atoms with Gasteiger partial charge in [0.05, 0.1) is 10.9 Å². The number of hydrogen-bond acceptors (Lipinski definition) is 3. The van der Waals surface area contributed by atoms with Crippen LogP contribution in [0.2, 0.25) is 0 Å². The van der Waals surface area contributed by atoms with Crippen molar-refractivity contribution in [2.24, 2.45) is 11.0 Å². The van der Waals surface area contributed by atoms with Gasteiger partial charge >= 0.3 is 0 Å². The van der Waals surface area contributed by atoms with Gasteiger partial charge in [0.1, 0.15) is 0 Å². The minimum absolute atomic E-state index is 0.0301. The first kappa shape index (κ1) is 14.8. The molecule has 1 heterocycles. The van der Waals surface area contributed by atoms with E-state index in [1.54, 1.807) is 6.08 Å². The van der Waals surface area contributed by atoms with Gasteiger partial charge in [0.2, 0.25) is 0 Å². The summed E-state index contributed by atoms with van der Waals surface area (Å²) >= 11 is 3.42. The quantitative estimate of drug-likeness (QED) is 0.749. The second-order valence-corrected chi connectivity index (χ2v) is 8.36. The Morgan fingerprint density at radius 2 is 2.05 bits per heavy atom. The molecule has 0 fully saturated rings. The molecular formula is C15H17BrN2O2S. The maximum absolute atomic E-state index is 12.9. The zero-order valence-electron chi connectivity index (χ0n) is 12.0. The van der Waals surface area contributed by atoms with Gasteiger partial charge in [-0.15, -0.1) is 0 Å². The highest BCUT2D eigenvalue weighted by atomic mass is 79.9. The van der Waals surface area contributed by atoms with E-state index in [9.17, 15) is 8.42 Å². The molecule has 4 nitrogen and oxygen atoms in total. The first-order valence-electron chi connectivity index (χ1n) is 6.91. The average Bonchev–Trinajstić information content (AvgIpc) is 2.76. The molecule has 0 saturated carbocycles. The highest BCUT2D eigenvalue weighted by Crippen LogP contribution is 2.36. The number of hydrazone groups is 1. The Balaban J connectivity index is 1.98. The molecule has 2 aliphatic carbocycles. The van der Waals surface area contributed by atoms with E-state index in [0.717, 1.165) is 16.6 Å². The number of halogens is 1. The van der Waals surface area contributed by atoms with Crippen molar-refractivity contribution in [3.05, 3.63) is 45.3 Å². The number of nitrogens with zero attached hydrogens (tertiary/aromatic N) is 2. The predicted octanol–water partition coefficient (Wildman–Crippen LogP) is 3.47. The summed E-state index contributed by atoms with van der Waals surface area (Å²) < 4.78 is 27.9. The molecule has 0 spiro atoms. The Labute approximate surface area is 133 Å². The van der Waals surface area contributed by atoms with E-state index >= 15 is 0 Å². The fourth-order valence-corrected chi connectivity index (χ4v) is 4.79. The van der Waals surface area contributed by atoms with Crippen LogP contribution in [0.3, 0.4) is 0 Å². The van der Waals surface area contributed by atoms with Crippen molar-refractivity contribution in [1.82, 2.24) is 4.41 Å². The van der Waals surface area contributed by atoms with Crippen LogP contribution >= 0.6 is 15.9 Å². The molecule has 112 valence electrons. The average molecular weight is 369 g/mol. The number of hydrogen-bond donors (Lipinski definition) is 0. The molecule has 0 saturated heterocycles. The van der Waals surface area contributed by atoms with Crippen molar-refractivity contribution in [1.29, 1.82) is 0 Å². The van der Waals surface area contributed by atoms with Crippen molar-refractivity contribution in [3.63, 3.8) is 0 Å². The van der Waals surface area contributed by atoms with Gasteiger partial charge in [-0.25, -0.2) is 0 Å². The lowest BCUT2D eigenvalue weighted by Crippen LogP contribution is -2.37. The summed E-state index contributed by atoms with van der Waals surface area (Å²) in [6, 6.07) is -0.262. The molecular weight excluding hydrogens is 352 g/mol.